The molecule has 7 nitrogen and oxygen atoms in total. The Hall–Kier alpha value is -2.54. The van der Waals surface area contributed by atoms with Crippen LogP contribution in [0.1, 0.15) is 46.4 Å². The summed E-state index contributed by atoms with van der Waals surface area (Å²) in [6.07, 6.45) is 2.55. The lowest BCUT2D eigenvalue weighted by Gasteiger charge is -2.24. The lowest BCUT2D eigenvalue weighted by Crippen LogP contribution is -2.46. The number of carbonyl (C=O) groups excluding carboxylic acids is 4. The summed E-state index contributed by atoms with van der Waals surface area (Å²) in [6.45, 7) is 2.74. The van der Waals surface area contributed by atoms with Crippen LogP contribution in [0.5, 0.6) is 0 Å². The number of rotatable bonds is 4. The summed E-state index contributed by atoms with van der Waals surface area (Å²) in [5, 5.41) is 8.93. The van der Waals surface area contributed by atoms with Crippen molar-refractivity contribution in [2.24, 2.45) is 17.8 Å². The first kappa shape index (κ1) is 17.9. The first-order chi connectivity index (χ1) is 13.1. The lowest BCUT2D eigenvalue weighted by molar-refractivity contribution is -0.137. The number of imide groups is 1. The molecule has 142 valence electrons. The van der Waals surface area contributed by atoms with Crippen LogP contribution in [0.4, 0.5) is 5.69 Å². The molecule has 1 aromatic rings. The Morgan fingerprint density at radius 3 is 2.52 bits per heavy atom. The molecule has 2 heterocycles. The number of carbonyl (C=O) groups is 4. The van der Waals surface area contributed by atoms with Crippen LogP contribution >= 0.6 is 0 Å². The van der Waals surface area contributed by atoms with Gasteiger partial charge in [-0.1, -0.05) is 12.1 Å². The topological polar surface area (TPSA) is 104 Å². The zero-order valence-electron chi connectivity index (χ0n) is 15.0. The van der Waals surface area contributed by atoms with E-state index in [4.69, 9.17) is 0 Å². The number of hydrogen-bond acceptors (Lipinski definition) is 6. The van der Waals surface area contributed by atoms with Crippen LogP contribution in [-0.4, -0.2) is 43.0 Å². The summed E-state index contributed by atoms with van der Waals surface area (Å²) < 4.78 is 0. The number of amides is 2. The number of benzene rings is 1. The highest BCUT2D eigenvalue weighted by molar-refractivity contribution is 6.30. The Morgan fingerprint density at radius 2 is 1.78 bits per heavy atom. The smallest absolute Gasteiger partial charge is 0.230 e. The third-order valence-corrected chi connectivity index (χ3v) is 5.87. The van der Waals surface area contributed by atoms with E-state index < -0.39 is 17.7 Å². The van der Waals surface area contributed by atoms with Crippen LogP contribution in [0.15, 0.2) is 18.2 Å². The average Bonchev–Trinajstić information content (AvgIpc) is 2.93. The molecule has 2 saturated heterocycles. The van der Waals surface area contributed by atoms with E-state index in [0.717, 1.165) is 32.5 Å². The molecule has 0 radical (unpaired) electrons. The van der Waals surface area contributed by atoms with Gasteiger partial charge in [-0.2, -0.15) is 0 Å². The molecule has 7 heteroatoms. The maximum Gasteiger partial charge on any atom is 0.230 e. The number of anilines is 1. The van der Waals surface area contributed by atoms with Gasteiger partial charge in [-0.3, -0.25) is 24.5 Å². The molecule has 2 atom stereocenters. The molecule has 2 aliphatic heterocycles. The van der Waals surface area contributed by atoms with Crippen LogP contribution in [-0.2, 0) is 9.59 Å². The highest BCUT2D eigenvalue weighted by Gasteiger charge is 2.48. The van der Waals surface area contributed by atoms with Crippen molar-refractivity contribution in [2.45, 2.75) is 25.7 Å². The first-order valence-electron chi connectivity index (χ1n) is 9.56. The van der Waals surface area contributed by atoms with E-state index in [1.54, 1.807) is 12.1 Å². The number of hydrogen-bond donors (Lipinski definition) is 3. The molecular formula is C20H23N3O4. The SMILES string of the molecule is O=C1CCC(C2C(=O)c3cccc(NCC4CCNCC4)c3C2=O)C(=O)N1. The fourth-order valence-electron chi connectivity index (χ4n) is 4.35. The second kappa shape index (κ2) is 7.23. The van der Waals surface area contributed by atoms with Gasteiger partial charge in [-0.05, 0) is 44.3 Å². The van der Waals surface area contributed by atoms with E-state index in [-0.39, 0.29) is 30.3 Å². The number of nitrogens with one attached hydrogen (secondary N) is 3. The predicted molar refractivity (Wildman–Crippen MR) is 98.6 cm³/mol. The zero-order valence-corrected chi connectivity index (χ0v) is 15.0. The molecular weight excluding hydrogens is 346 g/mol. The van der Waals surface area contributed by atoms with Crippen molar-refractivity contribution in [1.82, 2.24) is 10.6 Å². The summed E-state index contributed by atoms with van der Waals surface area (Å²) in [4.78, 5) is 49.5. The minimum absolute atomic E-state index is 0.157. The fourth-order valence-corrected chi connectivity index (χ4v) is 4.35. The lowest BCUT2D eigenvalue weighted by atomic mass is 9.82. The van der Waals surface area contributed by atoms with Gasteiger partial charge in [0.15, 0.2) is 11.6 Å². The highest BCUT2D eigenvalue weighted by atomic mass is 16.2. The van der Waals surface area contributed by atoms with Gasteiger partial charge in [0, 0.05) is 24.2 Å². The zero-order chi connectivity index (χ0) is 19.0. The Labute approximate surface area is 157 Å². The summed E-state index contributed by atoms with van der Waals surface area (Å²) in [6, 6.07) is 5.23. The Kier molecular flexibility index (Phi) is 4.78. The Morgan fingerprint density at radius 1 is 1.00 bits per heavy atom. The summed E-state index contributed by atoms with van der Waals surface area (Å²) in [5.41, 5.74) is 1.44. The third kappa shape index (κ3) is 3.27. The van der Waals surface area contributed by atoms with Crippen LogP contribution in [0.25, 0.3) is 0 Å². The molecule has 1 aromatic carbocycles. The van der Waals surface area contributed by atoms with Crippen molar-refractivity contribution in [3.63, 3.8) is 0 Å². The summed E-state index contributed by atoms with van der Waals surface area (Å²) in [5.74, 6) is -2.75. The number of piperidine rings is 2. The first-order valence-corrected chi connectivity index (χ1v) is 9.56. The summed E-state index contributed by atoms with van der Waals surface area (Å²) >= 11 is 0. The molecule has 2 unspecified atom stereocenters. The fraction of sp³-hybridized carbons (Fsp3) is 0.500. The molecule has 0 spiro atoms. The van der Waals surface area contributed by atoms with Gasteiger partial charge >= 0.3 is 0 Å². The largest absolute Gasteiger partial charge is 0.384 e. The van der Waals surface area contributed by atoms with E-state index >= 15 is 0 Å². The highest BCUT2D eigenvalue weighted by Crippen LogP contribution is 2.38. The second-order valence-electron chi connectivity index (χ2n) is 7.57. The Bertz CT molecular complexity index is 813. The van der Waals surface area contributed by atoms with Crippen molar-refractivity contribution < 1.29 is 19.2 Å². The number of Topliss-reactive ketones (excluding diaryl/α,β-unsaturated/α-hetero) is 2. The maximum atomic E-state index is 13.1. The molecule has 3 N–H and O–H groups in total. The predicted octanol–water partition coefficient (Wildman–Crippen LogP) is 1.15. The van der Waals surface area contributed by atoms with E-state index in [1.165, 1.54) is 0 Å². The second-order valence-corrected chi connectivity index (χ2v) is 7.57. The van der Waals surface area contributed by atoms with E-state index in [1.807, 2.05) is 6.07 Å². The summed E-state index contributed by atoms with van der Waals surface area (Å²) in [7, 11) is 0. The van der Waals surface area contributed by atoms with Crippen LogP contribution < -0.4 is 16.0 Å². The van der Waals surface area contributed by atoms with Crippen molar-refractivity contribution in [2.75, 3.05) is 25.0 Å². The molecule has 1 aliphatic carbocycles. The minimum Gasteiger partial charge on any atom is -0.384 e. The number of ketones is 2. The molecule has 2 fully saturated rings. The minimum atomic E-state index is -1.02. The molecule has 0 bridgehead atoms. The van der Waals surface area contributed by atoms with E-state index in [0.29, 0.717) is 22.7 Å². The molecule has 0 aromatic heterocycles. The maximum absolute atomic E-state index is 13.1. The third-order valence-electron chi connectivity index (χ3n) is 5.87. The van der Waals surface area contributed by atoms with E-state index in [2.05, 4.69) is 16.0 Å². The van der Waals surface area contributed by atoms with Crippen LogP contribution in [0.3, 0.4) is 0 Å². The monoisotopic (exact) mass is 369 g/mol. The molecule has 2 amide bonds. The van der Waals surface area contributed by atoms with Gasteiger partial charge in [0.1, 0.15) is 0 Å². The van der Waals surface area contributed by atoms with Gasteiger partial charge in [0.25, 0.3) is 0 Å². The van der Waals surface area contributed by atoms with Gasteiger partial charge in [0.2, 0.25) is 11.8 Å². The van der Waals surface area contributed by atoms with Gasteiger partial charge in [-0.15, -0.1) is 0 Å². The molecule has 27 heavy (non-hydrogen) atoms. The average molecular weight is 369 g/mol. The van der Waals surface area contributed by atoms with E-state index in [9.17, 15) is 19.2 Å². The van der Waals surface area contributed by atoms with Gasteiger partial charge in [-0.25, -0.2) is 0 Å². The van der Waals surface area contributed by atoms with Gasteiger partial charge in [0.05, 0.1) is 17.4 Å². The Balaban J connectivity index is 1.55. The molecule has 0 saturated carbocycles. The molecule has 4 rings (SSSR count). The van der Waals surface area contributed by atoms with Crippen molar-refractivity contribution in [1.29, 1.82) is 0 Å². The van der Waals surface area contributed by atoms with Crippen molar-refractivity contribution >= 4 is 29.1 Å². The van der Waals surface area contributed by atoms with Crippen LogP contribution in [0.2, 0.25) is 0 Å². The van der Waals surface area contributed by atoms with Crippen molar-refractivity contribution in [3.05, 3.63) is 29.3 Å². The van der Waals surface area contributed by atoms with Crippen molar-refractivity contribution in [3.8, 4) is 0 Å². The van der Waals surface area contributed by atoms with Crippen LogP contribution in [0, 0.1) is 17.8 Å². The normalized spacial score (nSPS) is 26.1. The van der Waals surface area contributed by atoms with Gasteiger partial charge < -0.3 is 10.6 Å². The quantitative estimate of drug-likeness (QED) is 0.543. The number of fused-ring (bicyclic) bond motifs is 1. The standard InChI is InChI=1S/C20H23N3O4/c24-15-5-4-13(20(27)23-15)17-18(25)12-2-1-3-14(16(12)19(17)26)22-10-11-6-8-21-9-7-11/h1-3,11,13,17,21-22H,4-10H2,(H,23,24,27). The molecule has 3 aliphatic rings.